The van der Waals surface area contributed by atoms with Crippen LogP contribution in [0.3, 0.4) is 0 Å². The van der Waals surface area contributed by atoms with Crippen LogP contribution >= 0.6 is 0 Å². The van der Waals surface area contributed by atoms with Gasteiger partial charge in [0.1, 0.15) is 0 Å². The molecule has 1 aromatic carbocycles. The number of carbonyl (C=O) groups excluding carboxylic acids is 2. The monoisotopic (exact) mass is 291 g/mol. The molecular weight excluding hydrogens is 266 g/mol. The van der Waals surface area contributed by atoms with Gasteiger partial charge >= 0.3 is 0 Å². The first kappa shape index (κ1) is 17.2. The molecule has 0 aliphatic heterocycles. The number of carbonyl (C=O) groups is 2. The van der Waals surface area contributed by atoms with Gasteiger partial charge in [0, 0.05) is 23.2 Å². The van der Waals surface area contributed by atoms with E-state index < -0.39 is 5.41 Å². The number of amides is 2. The summed E-state index contributed by atoms with van der Waals surface area (Å²) in [5.74, 6) is 0.00348. The Kier molecular flexibility index (Phi) is 5.90. The van der Waals surface area contributed by atoms with Crippen molar-refractivity contribution in [2.24, 2.45) is 17.1 Å². The third-order valence-electron chi connectivity index (χ3n) is 3.02. The number of hydrogen-bond acceptors (Lipinski definition) is 3. The summed E-state index contributed by atoms with van der Waals surface area (Å²) < 4.78 is 0. The van der Waals surface area contributed by atoms with Crippen molar-refractivity contribution in [3.05, 3.63) is 24.3 Å². The van der Waals surface area contributed by atoms with E-state index in [1.807, 2.05) is 27.7 Å². The maximum atomic E-state index is 11.9. The normalized spacial score (nSPS) is 12.6. The summed E-state index contributed by atoms with van der Waals surface area (Å²) in [5, 5.41) is 5.65. The standard InChI is InChI=1S/C16H25N3O2/c1-11(10-17)8-14(20)18-12-6-5-7-13(9-12)19-15(21)16(2,3)4/h5-7,9,11H,8,10,17H2,1-4H3,(H,18,20)(H,19,21). The van der Waals surface area contributed by atoms with Gasteiger partial charge in [0.15, 0.2) is 0 Å². The second-order valence-corrected chi connectivity index (χ2v) is 6.38. The highest BCUT2D eigenvalue weighted by molar-refractivity contribution is 5.96. The van der Waals surface area contributed by atoms with E-state index in [0.717, 1.165) is 0 Å². The minimum absolute atomic E-state index is 0.0669. The molecule has 2 amide bonds. The largest absolute Gasteiger partial charge is 0.330 e. The number of nitrogens with one attached hydrogen (secondary N) is 2. The van der Waals surface area contributed by atoms with Crippen molar-refractivity contribution in [3.63, 3.8) is 0 Å². The summed E-state index contributed by atoms with van der Waals surface area (Å²) in [4.78, 5) is 23.8. The van der Waals surface area contributed by atoms with Gasteiger partial charge in [0.25, 0.3) is 0 Å². The van der Waals surface area contributed by atoms with Gasteiger partial charge in [-0.15, -0.1) is 0 Å². The number of rotatable bonds is 5. The zero-order valence-electron chi connectivity index (χ0n) is 13.2. The number of nitrogens with two attached hydrogens (primary N) is 1. The zero-order valence-corrected chi connectivity index (χ0v) is 13.2. The van der Waals surface area contributed by atoms with Crippen molar-refractivity contribution in [3.8, 4) is 0 Å². The highest BCUT2D eigenvalue weighted by atomic mass is 16.2. The van der Waals surface area contributed by atoms with Crippen LogP contribution in [0.4, 0.5) is 11.4 Å². The Morgan fingerprint density at radius 1 is 1.19 bits per heavy atom. The molecular formula is C16H25N3O2. The van der Waals surface area contributed by atoms with Gasteiger partial charge in [-0.3, -0.25) is 9.59 Å². The van der Waals surface area contributed by atoms with Gasteiger partial charge in [-0.25, -0.2) is 0 Å². The SMILES string of the molecule is CC(CN)CC(=O)Nc1cccc(NC(=O)C(C)(C)C)c1. The number of hydrogen-bond donors (Lipinski definition) is 3. The van der Waals surface area contributed by atoms with Crippen LogP contribution in [0, 0.1) is 11.3 Å². The molecule has 5 heteroatoms. The quantitative estimate of drug-likeness (QED) is 0.779. The van der Waals surface area contributed by atoms with Crippen molar-refractivity contribution in [1.29, 1.82) is 0 Å². The van der Waals surface area contributed by atoms with Crippen molar-refractivity contribution in [2.45, 2.75) is 34.1 Å². The van der Waals surface area contributed by atoms with Crippen LogP contribution in [0.1, 0.15) is 34.1 Å². The summed E-state index contributed by atoms with van der Waals surface area (Å²) in [6.45, 7) is 7.96. The summed E-state index contributed by atoms with van der Waals surface area (Å²) in [5.41, 5.74) is 6.37. The topological polar surface area (TPSA) is 84.2 Å². The Labute approximate surface area is 126 Å². The number of benzene rings is 1. The Hall–Kier alpha value is -1.88. The fraction of sp³-hybridized carbons (Fsp3) is 0.500. The Morgan fingerprint density at radius 3 is 2.29 bits per heavy atom. The van der Waals surface area contributed by atoms with Crippen LogP contribution in [0.25, 0.3) is 0 Å². The van der Waals surface area contributed by atoms with Crippen LogP contribution in [-0.4, -0.2) is 18.4 Å². The molecule has 1 unspecified atom stereocenters. The fourth-order valence-corrected chi connectivity index (χ4v) is 1.61. The summed E-state index contributed by atoms with van der Waals surface area (Å²) in [6.07, 6.45) is 0.384. The van der Waals surface area contributed by atoms with Crippen molar-refractivity contribution >= 4 is 23.2 Å². The highest BCUT2D eigenvalue weighted by Crippen LogP contribution is 2.20. The second-order valence-electron chi connectivity index (χ2n) is 6.38. The molecule has 21 heavy (non-hydrogen) atoms. The molecule has 116 valence electrons. The Balaban J connectivity index is 2.68. The molecule has 0 aliphatic carbocycles. The Bertz CT molecular complexity index is 506. The summed E-state index contributed by atoms with van der Waals surface area (Å²) in [6, 6.07) is 7.12. The van der Waals surface area contributed by atoms with Gasteiger partial charge in [-0.2, -0.15) is 0 Å². The lowest BCUT2D eigenvalue weighted by molar-refractivity contribution is -0.123. The molecule has 5 nitrogen and oxygen atoms in total. The zero-order chi connectivity index (χ0) is 16.0. The van der Waals surface area contributed by atoms with E-state index in [1.54, 1.807) is 24.3 Å². The van der Waals surface area contributed by atoms with Crippen LogP contribution in [-0.2, 0) is 9.59 Å². The van der Waals surface area contributed by atoms with E-state index in [4.69, 9.17) is 5.73 Å². The molecule has 0 heterocycles. The average Bonchev–Trinajstić information content (AvgIpc) is 2.37. The minimum atomic E-state index is -0.462. The fourth-order valence-electron chi connectivity index (χ4n) is 1.61. The molecule has 0 aliphatic rings. The van der Waals surface area contributed by atoms with E-state index in [9.17, 15) is 9.59 Å². The van der Waals surface area contributed by atoms with Crippen LogP contribution in [0.15, 0.2) is 24.3 Å². The first-order valence-electron chi connectivity index (χ1n) is 7.14. The van der Waals surface area contributed by atoms with E-state index in [-0.39, 0.29) is 17.7 Å². The van der Waals surface area contributed by atoms with Gasteiger partial charge < -0.3 is 16.4 Å². The lowest BCUT2D eigenvalue weighted by atomic mass is 9.95. The maximum Gasteiger partial charge on any atom is 0.229 e. The Morgan fingerprint density at radius 2 is 1.76 bits per heavy atom. The minimum Gasteiger partial charge on any atom is -0.330 e. The predicted molar refractivity (Wildman–Crippen MR) is 86.0 cm³/mol. The van der Waals surface area contributed by atoms with Crippen molar-refractivity contribution in [2.75, 3.05) is 17.2 Å². The number of anilines is 2. The molecule has 0 fully saturated rings. The molecule has 0 saturated heterocycles. The van der Waals surface area contributed by atoms with E-state index in [1.165, 1.54) is 0 Å². The van der Waals surface area contributed by atoms with Gasteiger partial charge in [-0.05, 0) is 30.7 Å². The van der Waals surface area contributed by atoms with Gasteiger partial charge in [0.05, 0.1) is 0 Å². The van der Waals surface area contributed by atoms with Crippen molar-refractivity contribution < 1.29 is 9.59 Å². The van der Waals surface area contributed by atoms with Crippen LogP contribution in [0.5, 0.6) is 0 Å². The molecule has 4 N–H and O–H groups in total. The molecule has 1 atom stereocenters. The van der Waals surface area contributed by atoms with E-state index >= 15 is 0 Å². The summed E-state index contributed by atoms with van der Waals surface area (Å²) in [7, 11) is 0. The third kappa shape index (κ3) is 5.95. The first-order valence-corrected chi connectivity index (χ1v) is 7.14. The second kappa shape index (κ2) is 7.22. The summed E-state index contributed by atoms with van der Waals surface area (Å²) >= 11 is 0. The van der Waals surface area contributed by atoms with Crippen molar-refractivity contribution in [1.82, 2.24) is 0 Å². The highest BCUT2D eigenvalue weighted by Gasteiger charge is 2.21. The van der Waals surface area contributed by atoms with Gasteiger partial charge in [0.2, 0.25) is 11.8 Å². The lowest BCUT2D eigenvalue weighted by Gasteiger charge is -2.18. The maximum absolute atomic E-state index is 11.9. The van der Waals surface area contributed by atoms with Crippen LogP contribution < -0.4 is 16.4 Å². The molecule has 0 radical (unpaired) electrons. The molecule has 0 spiro atoms. The predicted octanol–water partition coefficient (Wildman–Crippen LogP) is 2.59. The molecule has 0 saturated carbocycles. The lowest BCUT2D eigenvalue weighted by Crippen LogP contribution is -2.27. The smallest absolute Gasteiger partial charge is 0.229 e. The van der Waals surface area contributed by atoms with Gasteiger partial charge in [-0.1, -0.05) is 33.8 Å². The molecule has 1 rings (SSSR count). The molecule has 0 bridgehead atoms. The van der Waals surface area contributed by atoms with E-state index in [0.29, 0.717) is 24.3 Å². The molecule has 1 aromatic rings. The third-order valence-corrected chi connectivity index (χ3v) is 3.02. The average molecular weight is 291 g/mol. The first-order chi connectivity index (χ1) is 9.72. The molecule has 0 aromatic heterocycles. The van der Waals surface area contributed by atoms with E-state index in [2.05, 4.69) is 10.6 Å². The van der Waals surface area contributed by atoms with Crippen LogP contribution in [0.2, 0.25) is 0 Å².